The summed E-state index contributed by atoms with van der Waals surface area (Å²) in [5, 5.41) is 17.0. The molecule has 1 aliphatic carbocycles. The van der Waals surface area contributed by atoms with Crippen molar-refractivity contribution >= 4 is 61.2 Å². The summed E-state index contributed by atoms with van der Waals surface area (Å²) in [5.74, 6) is -0.488. The summed E-state index contributed by atoms with van der Waals surface area (Å²) in [5.41, 5.74) is 5.46. The van der Waals surface area contributed by atoms with Crippen LogP contribution < -0.4 is 19.7 Å². The molecule has 67 heavy (non-hydrogen) atoms. The number of amides is 1. The van der Waals surface area contributed by atoms with Crippen LogP contribution in [0.2, 0.25) is 5.02 Å². The van der Waals surface area contributed by atoms with E-state index in [-0.39, 0.29) is 28.5 Å². The number of sulfonamides is 1. The van der Waals surface area contributed by atoms with Crippen molar-refractivity contribution in [3.8, 4) is 11.5 Å². The predicted molar refractivity (Wildman–Crippen MR) is 259 cm³/mol. The Morgan fingerprint density at radius 3 is 2.55 bits per heavy atom. The van der Waals surface area contributed by atoms with Crippen LogP contribution in [0.4, 0.5) is 17.1 Å². The number of halogens is 1. The van der Waals surface area contributed by atoms with E-state index in [1.54, 1.807) is 30.5 Å². The largest absolute Gasteiger partial charge is 0.455 e. The number of hydrogen-bond donors (Lipinski definition) is 3. The predicted octanol–water partition coefficient (Wildman–Crippen LogP) is 8.11. The molecule has 2 aromatic heterocycles. The molecule has 9 rings (SSSR count). The van der Waals surface area contributed by atoms with Crippen molar-refractivity contribution in [3.05, 3.63) is 117 Å². The number of ether oxygens (including phenoxy) is 3. The third kappa shape index (κ3) is 10.9. The van der Waals surface area contributed by atoms with Crippen LogP contribution in [0.1, 0.15) is 61.9 Å². The quantitative estimate of drug-likeness (QED) is 0.0717. The number of morpholine rings is 1. The number of allylic oxidation sites excluding steroid dienone is 1. The van der Waals surface area contributed by atoms with Gasteiger partial charge in [-0.05, 0) is 97.2 Å². The Hall–Kier alpha value is -5.56. The topological polar surface area (TPSA) is 184 Å². The van der Waals surface area contributed by atoms with E-state index < -0.39 is 31.4 Å². The molecule has 0 bridgehead atoms. The van der Waals surface area contributed by atoms with Crippen LogP contribution in [0.25, 0.3) is 16.6 Å². The minimum atomic E-state index is -4.60. The zero-order chi connectivity index (χ0) is 46.7. The van der Waals surface area contributed by atoms with Crippen LogP contribution >= 0.6 is 11.6 Å². The molecule has 3 saturated heterocycles. The number of fused-ring (bicyclic) bond motifs is 1. The third-order valence-corrected chi connectivity index (χ3v) is 15.1. The number of H-pyrrole nitrogens is 1. The number of anilines is 2. The molecule has 354 valence electrons. The fourth-order valence-electron chi connectivity index (χ4n) is 9.76. The molecule has 4 aliphatic rings. The molecule has 18 heteroatoms. The molecular formula is C49H57ClN8O8S. The number of carbonyl (C=O) groups is 1. The van der Waals surface area contributed by atoms with Crippen molar-refractivity contribution in [2.24, 2.45) is 5.41 Å². The maximum absolute atomic E-state index is 14.1. The Bertz CT molecular complexity index is 2750. The number of pyridine rings is 1. The zero-order valence-corrected chi connectivity index (χ0v) is 39.4. The van der Waals surface area contributed by atoms with E-state index in [4.69, 9.17) is 25.8 Å². The van der Waals surface area contributed by atoms with Crippen molar-refractivity contribution in [3.63, 3.8) is 0 Å². The van der Waals surface area contributed by atoms with Gasteiger partial charge in [-0.2, -0.15) is 0 Å². The molecule has 0 spiro atoms. The summed E-state index contributed by atoms with van der Waals surface area (Å²) in [6.07, 6.45) is 8.27. The van der Waals surface area contributed by atoms with Crippen molar-refractivity contribution in [2.45, 2.75) is 62.9 Å². The highest BCUT2D eigenvalue weighted by atomic mass is 35.5. The number of aromatic amines is 1. The number of aromatic nitrogens is 2. The van der Waals surface area contributed by atoms with Gasteiger partial charge in [0.15, 0.2) is 0 Å². The van der Waals surface area contributed by atoms with Gasteiger partial charge in [-0.15, -0.1) is 0 Å². The van der Waals surface area contributed by atoms with E-state index in [2.05, 4.69) is 60.7 Å². The molecule has 1 unspecified atom stereocenters. The number of nitro groups is 1. The molecule has 1 atom stereocenters. The molecule has 0 radical (unpaired) electrons. The monoisotopic (exact) mass is 952 g/mol. The zero-order valence-electron chi connectivity index (χ0n) is 37.8. The van der Waals surface area contributed by atoms with Crippen LogP contribution in [0.5, 0.6) is 11.5 Å². The standard InChI is InChI=1S/C49H57ClN8O8S/c1-49(2)15-11-35(43(28-49)33-3-5-36(50)6-4-33)31-55-17-19-56(20-18-55)38-7-9-42(46(26-38)66-40-25-34-12-16-51-47(34)53-30-40)48(59)54-67(62,63)41-8-10-44(45(27-41)58(60)61)52-29-39-32-65-24-21-57(39)37-13-22-64-23-14-37/h3-10,12,16,25-27,30,37,39,52H,11,13-15,17-24,28-29,31-32H2,1-2H3,(H,51,53)(H,54,59). The Morgan fingerprint density at radius 1 is 0.985 bits per heavy atom. The van der Waals surface area contributed by atoms with Crippen LogP contribution in [0, 0.1) is 15.5 Å². The Kier molecular flexibility index (Phi) is 13.9. The molecule has 5 heterocycles. The Labute approximate surface area is 395 Å². The summed E-state index contributed by atoms with van der Waals surface area (Å²) < 4.78 is 47.5. The van der Waals surface area contributed by atoms with Crippen LogP contribution in [-0.2, 0) is 19.5 Å². The van der Waals surface area contributed by atoms with Crippen molar-refractivity contribution in [1.82, 2.24) is 24.5 Å². The number of benzene rings is 3. The highest BCUT2D eigenvalue weighted by Gasteiger charge is 2.33. The number of nitro benzene ring substituents is 1. The number of nitrogens with zero attached hydrogens (tertiary/aromatic N) is 5. The van der Waals surface area contributed by atoms with Crippen LogP contribution in [0.15, 0.2) is 95.7 Å². The fourth-order valence-corrected chi connectivity index (χ4v) is 10.9. The summed E-state index contributed by atoms with van der Waals surface area (Å²) >= 11 is 6.25. The number of piperazine rings is 1. The lowest BCUT2D eigenvalue weighted by atomic mass is 9.72. The first-order chi connectivity index (χ1) is 32.3. The van der Waals surface area contributed by atoms with Gasteiger partial charge in [0.25, 0.3) is 21.6 Å². The first-order valence-electron chi connectivity index (χ1n) is 23.0. The molecule has 3 aliphatic heterocycles. The van der Waals surface area contributed by atoms with Crippen LogP contribution in [-0.4, -0.2) is 123 Å². The van der Waals surface area contributed by atoms with Gasteiger partial charge in [0.2, 0.25) is 0 Å². The molecule has 3 aromatic carbocycles. The number of nitrogens with one attached hydrogen (secondary N) is 3. The first kappa shape index (κ1) is 46.5. The lowest BCUT2D eigenvalue weighted by Crippen LogP contribution is -2.54. The van der Waals surface area contributed by atoms with E-state index in [9.17, 15) is 23.3 Å². The average molecular weight is 954 g/mol. The van der Waals surface area contributed by atoms with Gasteiger partial charge in [-0.1, -0.05) is 43.2 Å². The lowest BCUT2D eigenvalue weighted by molar-refractivity contribution is -0.384. The van der Waals surface area contributed by atoms with Crippen molar-refractivity contribution in [1.29, 1.82) is 0 Å². The number of hydrogen-bond acceptors (Lipinski definition) is 13. The molecular weight excluding hydrogens is 896 g/mol. The van der Waals surface area contributed by atoms with Gasteiger partial charge in [0.1, 0.15) is 22.8 Å². The molecule has 5 aromatic rings. The SMILES string of the molecule is CC1(C)CCC(CN2CCN(c3ccc(C(=O)NS(=O)(=O)c4ccc(NCC5COCCN5C5CCOCC5)c([N+](=O)[O-])c4)c(Oc4cnc5[nH]ccc5c4)c3)CC2)=C(c2ccc(Cl)cc2)C1. The van der Waals surface area contributed by atoms with Gasteiger partial charge in [-0.3, -0.25) is 24.7 Å². The normalized spacial score (nSPS) is 19.9. The minimum absolute atomic E-state index is 0.0424. The molecule has 16 nitrogen and oxygen atoms in total. The Morgan fingerprint density at radius 2 is 1.78 bits per heavy atom. The summed E-state index contributed by atoms with van der Waals surface area (Å²) in [4.78, 5) is 39.9. The summed E-state index contributed by atoms with van der Waals surface area (Å²) in [7, 11) is -4.60. The summed E-state index contributed by atoms with van der Waals surface area (Å²) in [6.45, 7) is 12.2. The van der Waals surface area contributed by atoms with E-state index in [1.807, 2.05) is 18.2 Å². The average Bonchev–Trinajstić information content (AvgIpc) is 3.80. The number of carbonyl (C=O) groups excluding carboxylic acids is 1. The minimum Gasteiger partial charge on any atom is -0.455 e. The molecule has 1 amide bonds. The van der Waals surface area contributed by atoms with Crippen molar-refractivity contribution < 1.29 is 32.3 Å². The number of rotatable bonds is 14. The fraction of sp³-hybridized carbons (Fsp3) is 0.429. The van der Waals surface area contributed by atoms with E-state index >= 15 is 0 Å². The van der Waals surface area contributed by atoms with E-state index in [0.717, 1.165) is 93.5 Å². The van der Waals surface area contributed by atoms with Gasteiger partial charge in [-0.25, -0.2) is 18.1 Å². The highest BCUT2D eigenvalue weighted by molar-refractivity contribution is 7.90. The Balaban J connectivity index is 0.913. The maximum atomic E-state index is 14.1. The van der Waals surface area contributed by atoms with E-state index in [1.165, 1.54) is 35.0 Å². The third-order valence-electron chi connectivity index (χ3n) is 13.5. The molecule has 0 saturated carbocycles. The molecule has 3 N–H and O–H groups in total. The second kappa shape index (κ2) is 20.0. The van der Waals surface area contributed by atoms with Crippen LogP contribution in [0.3, 0.4) is 0 Å². The second-order valence-electron chi connectivity index (χ2n) is 18.6. The maximum Gasteiger partial charge on any atom is 0.293 e. The van der Waals surface area contributed by atoms with Gasteiger partial charge < -0.3 is 29.4 Å². The van der Waals surface area contributed by atoms with Gasteiger partial charge in [0.05, 0.1) is 40.8 Å². The molecule has 3 fully saturated rings. The van der Waals surface area contributed by atoms with E-state index in [0.29, 0.717) is 50.4 Å². The van der Waals surface area contributed by atoms with Gasteiger partial charge >= 0.3 is 0 Å². The smallest absolute Gasteiger partial charge is 0.293 e. The highest BCUT2D eigenvalue weighted by Crippen LogP contribution is 2.43. The van der Waals surface area contributed by atoms with Crippen molar-refractivity contribution in [2.75, 3.05) is 82.5 Å². The second-order valence-corrected chi connectivity index (χ2v) is 20.7. The summed E-state index contributed by atoms with van der Waals surface area (Å²) in [6, 6.07) is 20.7. The first-order valence-corrected chi connectivity index (χ1v) is 24.8. The van der Waals surface area contributed by atoms with Gasteiger partial charge in [0, 0.05) is 99.5 Å². The lowest BCUT2D eigenvalue weighted by Gasteiger charge is -2.42.